The molecule has 1 heterocycles. The lowest BCUT2D eigenvalue weighted by Gasteiger charge is -2.09. The third-order valence-electron chi connectivity index (χ3n) is 5.43. The molecule has 0 aliphatic rings. The first-order valence-electron chi connectivity index (χ1n) is 11.3. The number of ether oxygens (including phenoxy) is 2. The number of nitriles is 1. The van der Waals surface area contributed by atoms with Crippen molar-refractivity contribution in [3.8, 4) is 22.9 Å². The summed E-state index contributed by atoms with van der Waals surface area (Å²) in [4.78, 5) is 26.6. The summed E-state index contributed by atoms with van der Waals surface area (Å²) in [5.74, 6) is -0.0528. The van der Waals surface area contributed by atoms with Crippen molar-refractivity contribution in [1.82, 2.24) is 0 Å². The van der Waals surface area contributed by atoms with E-state index in [2.05, 4.69) is 19.2 Å². The molecule has 2 aromatic carbocycles. The normalized spacial score (nSPS) is 11.2. The van der Waals surface area contributed by atoms with E-state index in [4.69, 9.17) is 9.47 Å². The Morgan fingerprint density at radius 1 is 1.11 bits per heavy atom. The molecule has 0 atom stereocenters. The zero-order valence-electron chi connectivity index (χ0n) is 20.5. The molecular weight excluding hydrogens is 460 g/mol. The standard InChI is InChI=1S/C28H28N2O4S/c1-6-34-23-13-11-21(12-14-23)24-18(4)35-27(25(24)28(32)33-5)30-26(31)22(16-29)15-19-7-9-20(10-8-19)17(2)3/h7-15,17H,6H2,1-5H3,(H,30,31)/b22-15+. The van der Waals surface area contributed by atoms with E-state index >= 15 is 0 Å². The number of nitrogens with zero attached hydrogens (tertiary/aromatic N) is 1. The summed E-state index contributed by atoms with van der Waals surface area (Å²) in [6.45, 7) is 8.53. The predicted molar refractivity (Wildman–Crippen MR) is 140 cm³/mol. The maximum Gasteiger partial charge on any atom is 0.341 e. The van der Waals surface area contributed by atoms with Crippen molar-refractivity contribution >= 4 is 34.3 Å². The molecule has 0 fully saturated rings. The van der Waals surface area contributed by atoms with Crippen molar-refractivity contribution in [3.63, 3.8) is 0 Å². The molecular formula is C28H28N2O4S. The SMILES string of the molecule is CCOc1ccc(-c2c(C)sc(NC(=O)/C(C#N)=C/c3ccc(C(C)C)cc3)c2C(=O)OC)cc1. The summed E-state index contributed by atoms with van der Waals surface area (Å²) >= 11 is 1.26. The van der Waals surface area contributed by atoms with Crippen LogP contribution in [0, 0.1) is 18.3 Å². The summed E-state index contributed by atoms with van der Waals surface area (Å²) in [5, 5.41) is 12.7. The van der Waals surface area contributed by atoms with E-state index in [1.807, 2.05) is 68.4 Å². The van der Waals surface area contributed by atoms with Crippen molar-refractivity contribution in [2.45, 2.75) is 33.6 Å². The fourth-order valence-electron chi connectivity index (χ4n) is 3.62. The van der Waals surface area contributed by atoms with Crippen LogP contribution in [-0.4, -0.2) is 25.6 Å². The topological polar surface area (TPSA) is 88.4 Å². The molecule has 7 heteroatoms. The first-order valence-corrected chi connectivity index (χ1v) is 12.1. The molecule has 3 aromatic rings. The van der Waals surface area contributed by atoms with Gasteiger partial charge >= 0.3 is 5.97 Å². The van der Waals surface area contributed by atoms with Gasteiger partial charge in [-0.15, -0.1) is 11.3 Å². The number of amides is 1. The van der Waals surface area contributed by atoms with Crippen LogP contribution in [0.3, 0.4) is 0 Å². The Morgan fingerprint density at radius 2 is 1.77 bits per heavy atom. The average Bonchev–Trinajstić information content (AvgIpc) is 3.18. The van der Waals surface area contributed by atoms with Gasteiger partial charge in [0.25, 0.3) is 5.91 Å². The number of hydrogen-bond acceptors (Lipinski definition) is 6. The largest absolute Gasteiger partial charge is 0.494 e. The fourth-order valence-corrected chi connectivity index (χ4v) is 4.68. The number of hydrogen-bond donors (Lipinski definition) is 1. The highest BCUT2D eigenvalue weighted by Gasteiger charge is 2.26. The molecule has 0 aliphatic heterocycles. The Labute approximate surface area is 209 Å². The quantitative estimate of drug-likeness (QED) is 0.220. The van der Waals surface area contributed by atoms with Gasteiger partial charge in [0.1, 0.15) is 28.0 Å². The summed E-state index contributed by atoms with van der Waals surface area (Å²) in [5.41, 5.74) is 3.57. The molecule has 1 N–H and O–H groups in total. The van der Waals surface area contributed by atoms with Gasteiger partial charge in [-0.1, -0.05) is 50.2 Å². The second kappa shape index (κ2) is 11.5. The Bertz CT molecular complexity index is 1280. The molecule has 0 bridgehead atoms. The van der Waals surface area contributed by atoms with Gasteiger partial charge in [0.05, 0.1) is 13.7 Å². The highest BCUT2D eigenvalue weighted by Crippen LogP contribution is 2.41. The number of rotatable bonds is 8. The van der Waals surface area contributed by atoms with Gasteiger partial charge in [0.15, 0.2) is 0 Å². The highest BCUT2D eigenvalue weighted by atomic mass is 32.1. The third-order valence-corrected chi connectivity index (χ3v) is 6.45. The predicted octanol–water partition coefficient (Wildman–Crippen LogP) is 6.58. The number of anilines is 1. The molecule has 3 rings (SSSR count). The van der Waals surface area contributed by atoms with E-state index in [0.29, 0.717) is 23.1 Å². The Hall–Kier alpha value is -3.89. The zero-order valence-corrected chi connectivity index (χ0v) is 21.3. The van der Waals surface area contributed by atoms with Crippen molar-refractivity contribution in [2.75, 3.05) is 19.0 Å². The zero-order chi connectivity index (χ0) is 25.5. The molecule has 0 unspecified atom stereocenters. The summed E-state index contributed by atoms with van der Waals surface area (Å²) in [6, 6.07) is 17.0. The van der Waals surface area contributed by atoms with E-state index in [0.717, 1.165) is 21.8 Å². The molecule has 0 aliphatic carbocycles. The molecule has 6 nitrogen and oxygen atoms in total. The molecule has 1 amide bonds. The Kier molecular flexibility index (Phi) is 8.45. The van der Waals surface area contributed by atoms with E-state index in [-0.39, 0.29) is 11.1 Å². The summed E-state index contributed by atoms with van der Waals surface area (Å²) in [6.07, 6.45) is 1.53. The first kappa shape index (κ1) is 25.7. The van der Waals surface area contributed by atoms with Crippen LogP contribution in [0.4, 0.5) is 5.00 Å². The van der Waals surface area contributed by atoms with Crippen molar-refractivity contribution in [1.29, 1.82) is 5.26 Å². The molecule has 35 heavy (non-hydrogen) atoms. The fraction of sp³-hybridized carbons (Fsp3) is 0.250. The van der Waals surface area contributed by atoms with Crippen LogP contribution in [0.15, 0.2) is 54.1 Å². The van der Waals surface area contributed by atoms with Crippen LogP contribution in [-0.2, 0) is 9.53 Å². The Morgan fingerprint density at radius 3 is 2.31 bits per heavy atom. The number of aryl methyl sites for hydroxylation is 1. The van der Waals surface area contributed by atoms with Crippen LogP contribution in [0.1, 0.15) is 53.1 Å². The van der Waals surface area contributed by atoms with Crippen LogP contribution in [0.2, 0.25) is 0 Å². The first-order chi connectivity index (χ1) is 16.8. The van der Waals surface area contributed by atoms with Crippen molar-refractivity contribution in [3.05, 3.63) is 75.7 Å². The Balaban J connectivity index is 1.95. The van der Waals surface area contributed by atoms with Crippen LogP contribution >= 0.6 is 11.3 Å². The van der Waals surface area contributed by atoms with Gasteiger partial charge < -0.3 is 14.8 Å². The minimum atomic E-state index is -0.593. The number of carbonyl (C=O) groups is 2. The molecule has 0 spiro atoms. The van der Waals surface area contributed by atoms with Crippen LogP contribution in [0.25, 0.3) is 17.2 Å². The average molecular weight is 489 g/mol. The minimum absolute atomic E-state index is 0.0632. The lowest BCUT2D eigenvalue weighted by molar-refractivity contribution is -0.112. The molecule has 0 saturated heterocycles. The van der Waals surface area contributed by atoms with Gasteiger partial charge in [0.2, 0.25) is 0 Å². The smallest absolute Gasteiger partial charge is 0.341 e. The number of thiophene rings is 1. The van der Waals surface area contributed by atoms with Gasteiger partial charge in [-0.3, -0.25) is 4.79 Å². The minimum Gasteiger partial charge on any atom is -0.494 e. The maximum atomic E-state index is 13.0. The lowest BCUT2D eigenvalue weighted by Crippen LogP contribution is -2.15. The lowest BCUT2D eigenvalue weighted by atomic mass is 10.0. The van der Waals surface area contributed by atoms with Crippen LogP contribution < -0.4 is 10.1 Å². The molecule has 0 radical (unpaired) electrons. The summed E-state index contributed by atoms with van der Waals surface area (Å²) in [7, 11) is 1.30. The van der Waals surface area contributed by atoms with Gasteiger partial charge in [-0.2, -0.15) is 5.26 Å². The second-order valence-corrected chi connectivity index (χ2v) is 9.36. The van der Waals surface area contributed by atoms with Gasteiger partial charge in [-0.25, -0.2) is 4.79 Å². The maximum absolute atomic E-state index is 13.0. The van der Waals surface area contributed by atoms with Gasteiger partial charge in [-0.05, 0) is 54.7 Å². The molecule has 180 valence electrons. The van der Waals surface area contributed by atoms with E-state index in [9.17, 15) is 14.9 Å². The monoisotopic (exact) mass is 488 g/mol. The summed E-state index contributed by atoms with van der Waals surface area (Å²) < 4.78 is 10.5. The van der Waals surface area contributed by atoms with E-state index in [1.54, 1.807) is 0 Å². The third kappa shape index (κ3) is 5.97. The number of benzene rings is 2. The molecule has 1 aromatic heterocycles. The molecule has 0 saturated carbocycles. The number of methoxy groups -OCH3 is 1. The number of carbonyl (C=O) groups excluding carboxylic acids is 2. The van der Waals surface area contributed by atoms with Gasteiger partial charge in [0, 0.05) is 10.4 Å². The highest BCUT2D eigenvalue weighted by molar-refractivity contribution is 7.17. The number of nitrogens with one attached hydrogen (secondary N) is 1. The number of esters is 1. The van der Waals surface area contributed by atoms with Crippen LogP contribution in [0.5, 0.6) is 5.75 Å². The second-order valence-electron chi connectivity index (χ2n) is 8.13. The van der Waals surface area contributed by atoms with E-state index < -0.39 is 11.9 Å². The van der Waals surface area contributed by atoms with Crippen molar-refractivity contribution < 1.29 is 19.1 Å². The van der Waals surface area contributed by atoms with Crippen molar-refractivity contribution in [2.24, 2.45) is 0 Å². The van der Waals surface area contributed by atoms with E-state index in [1.165, 1.54) is 30.1 Å².